The van der Waals surface area contributed by atoms with Gasteiger partial charge in [0.05, 0.1) is 12.5 Å². The number of carbonyl (C=O) groups is 1. The second-order valence-electron chi connectivity index (χ2n) is 10.9. The summed E-state index contributed by atoms with van der Waals surface area (Å²) in [6.45, 7) is 4.73. The molecule has 0 aromatic heterocycles. The van der Waals surface area contributed by atoms with Gasteiger partial charge < -0.3 is 9.47 Å². The Balaban J connectivity index is 1.33. The van der Waals surface area contributed by atoms with Crippen molar-refractivity contribution in [3.8, 4) is 22.6 Å². The predicted octanol–water partition coefficient (Wildman–Crippen LogP) is 9.13. The molecule has 202 valence electrons. The van der Waals surface area contributed by atoms with Crippen molar-refractivity contribution in [2.75, 3.05) is 6.61 Å². The highest BCUT2D eigenvalue weighted by Crippen LogP contribution is 2.52. The van der Waals surface area contributed by atoms with Crippen molar-refractivity contribution in [2.45, 2.75) is 90.9 Å². The first-order chi connectivity index (χ1) is 18.0. The SMILES string of the molecule is CCCCCCOc1ccc(-c2ccc(OC(=O)C3CCC4C(CCCCC)CCC34)cc2)c(F)c1F. The van der Waals surface area contributed by atoms with Crippen LogP contribution in [0.5, 0.6) is 11.5 Å². The van der Waals surface area contributed by atoms with Crippen molar-refractivity contribution in [1.29, 1.82) is 0 Å². The molecule has 5 heteroatoms. The zero-order valence-electron chi connectivity index (χ0n) is 22.4. The van der Waals surface area contributed by atoms with Crippen LogP contribution in [0, 0.1) is 35.3 Å². The van der Waals surface area contributed by atoms with Crippen LogP contribution < -0.4 is 9.47 Å². The summed E-state index contributed by atoms with van der Waals surface area (Å²) in [6, 6.07) is 9.69. The van der Waals surface area contributed by atoms with Gasteiger partial charge in [-0.05, 0) is 79.7 Å². The van der Waals surface area contributed by atoms with E-state index >= 15 is 0 Å². The van der Waals surface area contributed by atoms with Crippen LogP contribution in [-0.2, 0) is 4.79 Å². The Morgan fingerprint density at radius 2 is 1.54 bits per heavy atom. The molecule has 2 aliphatic rings. The van der Waals surface area contributed by atoms with Crippen LogP contribution in [0.1, 0.15) is 90.9 Å². The molecule has 0 N–H and O–H groups in total. The minimum absolute atomic E-state index is 0.0260. The highest BCUT2D eigenvalue weighted by Gasteiger charge is 2.47. The molecule has 0 saturated heterocycles. The molecule has 2 aromatic carbocycles. The first-order valence-electron chi connectivity index (χ1n) is 14.5. The second-order valence-corrected chi connectivity index (χ2v) is 10.9. The Bertz CT molecular complexity index is 1020. The number of unbranched alkanes of at least 4 members (excludes halogenated alkanes) is 5. The average Bonchev–Trinajstić information content (AvgIpc) is 3.50. The lowest BCUT2D eigenvalue weighted by atomic mass is 9.86. The quantitative estimate of drug-likeness (QED) is 0.152. The Morgan fingerprint density at radius 3 is 2.30 bits per heavy atom. The maximum atomic E-state index is 14.8. The van der Waals surface area contributed by atoms with E-state index in [0.29, 0.717) is 29.8 Å². The lowest BCUT2D eigenvalue weighted by Crippen LogP contribution is -2.25. The van der Waals surface area contributed by atoms with E-state index in [1.54, 1.807) is 24.3 Å². The zero-order chi connectivity index (χ0) is 26.2. The van der Waals surface area contributed by atoms with Crippen molar-refractivity contribution < 1.29 is 23.0 Å². The van der Waals surface area contributed by atoms with Crippen molar-refractivity contribution in [3.63, 3.8) is 0 Å². The van der Waals surface area contributed by atoms with Crippen molar-refractivity contribution in [3.05, 3.63) is 48.0 Å². The van der Waals surface area contributed by atoms with Gasteiger partial charge in [0.1, 0.15) is 5.75 Å². The van der Waals surface area contributed by atoms with Crippen LogP contribution in [0.15, 0.2) is 36.4 Å². The van der Waals surface area contributed by atoms with E-state index in [1.807, 2.05) is 0 Å². The van der Waals surface area contributed by atoms with Crippen LogP contribution in [-0.4, -0.2) is 12.6 Å². The summed E-state index contributed by atoms with van der Waals surface area (Å²) in [5.41, 5.74) is 0.685. The van der Waals surface area contributed by atoms with Gasteiger partial charge in [-0.25, -0.2) is 4.39 Å². The lowest BCUT2D eigenvalue weighted by Gasteiger charge is -2.20. The van der Waals surface area contributed by atoms with Gasteiger partial charge in [-0.3, -0.25) is 4.79 Å². The maximum Gasteiger partial charge on any atom is 0.314 e. The van der Waals surface area contributed by atoms with Gasteiger partial charge in [0.15, 0.2) is 11.6 Å². The lowest BCUT2D eigenvalue weighted by molar-refractivity contribution is -0.140. The van der Waals surface area contributed by atoms with E-state index in [9.17, 15) is 13.6 Å². The molecule has 0 bridgehead atoms. The molecule has 2 aliphatic carbocycles. The molecule has 0 aliphatic heterocycles. The molecule has 2 fully saturated rings. The fourth-order valence-corrected chi connectivity index (χ4v) is 6.50. The number of rotatable bonds is 13. The number of hydrogen-bond acceptors (Lipinski definition) is 3. The number of benzene rings is 2. The molecular weight excluding hydrogens is 470 g/mol. The summed E-state index contributed by atoms with van der Waals surface area (Å²) in [5.74, 6) is 0.197. The predicted molar refractivity (Wildman–Crippen MR) is 144 cm³/mol. The van der Waals surface area contributed by atoms with E-state index in [4.69, 9.17) is 9.47 Å². The number of halogens is 2. The molecule has 0 amide bonds. The third kappa shape index (κ3) is 6.72. The van der Waals surface area contributed by atoms with E-state index < -0.39 is 11.6 Å². The second kappa shape index (κ2) is 13.4. The molecule has 0 heterocycles. The summed E-state index contributed by atoms with van der Waals surface area (Å²) in [7, 11) is 0. The molecular formula is C32H42F2O3. The van der Waals surface area contributed by atoms with E-state index in [1.165, 1.54) is 44.2 Å². The van der Waals surface area contributed by atoms with E-state index in [0.717, 1.165) is 50.9 Å². The molecule has 2 aromatic rings. The summed E-state index contributed by atoms with van der Waals surface area (Å²) in [5, 5.41) is 0. The number of esters is 1. The maximum absolute atomic E-state index is 14.8. The molecule has 2 saturated carbocycles. The normalized spacial score (nSPS) is 22.7. The monoisotopic (exact) mass is 512 g/mol. The molecule has 4 rings (SSSR count). The topological polar surface area (TPSA) is 35.5 Å². The van der Waals surface area contributed by atoms with Gasteiger partial charge in [-0.1, -0.05) is 70.9 Å². The Morgan fingerprint density at radius 1 is 0.811 bits per heavy atom. The fourth-order valence-electron chi connectivity index (χ4n) is 6.50. The third-order valence-corrected chi connectivity index (χ3v) is 8.52. The number of hydrogen-bond donors (Lipinski definition) is 0. The van der Waals surface area contributed by atoms with Crippen LogP contribution >= 0.6 is 0 Å². The molecule has 37 heavy (non-hydrogen) atoms. The van der Waals surface area contributed by atoms with Crippen LogP contribution in [0.25, 0.3) is 11.1 Å². The average molecular weight is 513 g/mol. The van der Waals surface area contributed by atoms with E-state index in [2.05, 4.69) is 13.8 Å². The highest BCUT2D eigenvalue weighted by atomic mass is 19.2. The summed E-state index contributed by atoms with van der Waals surface area (Å²) < 4.78 is 40.6. The van der Waals surface area contributed by atoms with Crippen LogP contribution in [0.4, 0.5) is 8.78 Å². The van der Waals surface area contributed by atoms with Crippen LogP contribution in [0.3, 0.4) is 0 Å². The van der Waals surface area contributed by atoms with E-state index in [-0.39, 0.29) is 23.2 Å². The van der Waals surface area contributed by atoms with Gasteiger partial charge >= 0.3 is 5.97 Å². The van der Waals surface area contributed by atoms with Gasteiger partial charge in [-0.2, -0.15) is 4.39 Å². The number of ether oxygens (including phenoxy) is 2. The van der Waals surface area contributed by atoms with Crippen molar-refractivity contribution >= 4 is 5.97 Å². The van der Waals surface area contributed by atoms with Gasteiger partial charge in [0.2, 0.25) is 5.82 Å². The first-order valence-corrected chi connectivity index (χ1v) is 14.5. The summed E-state index contributed by atoms with van der Waals surface area (Å²) in [6.07, 6.45) is 13.6. The molecule has 0 radical (unpaired) electrons. The largest absolute Gasteiger partial charge is 0.490 e. The number of carbonyl (C=O) groups excluding carboxylic acids is 1. The summed E-state index contributed by atoms with van der Waals surface area (Å²) >= 11 is 0. The molecule has 0 spiro atoms. The van der Waals surface area contributed by atoms with Crippen molar-refractivity contribution in [2.24, 2.45) is 23.7 Å². The van der Waals surface area contributed by atoms with Crippen LogP contribution in [0.2, 0.25) is 0 Å². The molecule has 3 nitrogen and oxygen atoms in total. The minimum atomic E-state index is -0.969. The highest BCUT2D eigenvalue weighted by molar-refractivity contribution is 5.76. The summed E-state index contributed by atoms with van der Waals surface area (Å²) in [4.78, 5) is 13.0. The number of fused-ring (bicyclic) bond motifs is 1. The standard InChI is InChI=1S/C32H42F2O3/c1-3-5-7-9-21-36-29-20-19-26(30(33)31(29)34)23-11-14-24(15-12-23)37-32(35)28-18-17-25-22(10-8-6-4-2)13-16-27(25)28/h11-12,14-15,19-20,22,25,27-28H,3-10,13,16-18,21H2,1-2H3. The van der Waals surface area contributed by atoms with Crippen molar-refractivity contribution in [1.82, 2.24) is 0 Å². The van der Waals surface area contributed by atoms with Gasteiger partial charge in [-0.15, -0.1) is 0 Å². The molecule has 4 unspecified atom stereocenters. The van der Waals surface area contributed by atoms with Gasteiger partial charge in [0, 0.05) is 5.56 Å². The third-order valence-electron chi connectivity index (χ3n) is 8.52. The first kappa shape index (κ1) is 27.6. The Labute approximate surface area is 220 Å². The fraction of sp³-hybridized carbons (Fsp3) is 0.594. The Kier molecular flexibility index (Phi) is 9.99. The van der Waals surface area contributed by atoms with Gasteiger partial charge in [0.25, 0.3) is 0 Å². The minimum Gasteiger partial charge on any atom is -0.490 e. The Hall–Kier alpha value is -2.43. The molecule has 4 atom stereocenters. The smallest absolute Gasteiger partial charge is 0.314 e. The zero-order valence-corrected chi connectivity index (χ0v) is 22.4.